The van der Waals surface area contributed by atoms with E-state index >= 15 is 0 Å². The van der Waals surface area contributed by atoms with Gasteiger partial charge < -0.3 is 15.8 Å². The van der Waals surface area contributed by atoms with E-state index in [0.717, 1.165) is 24.3 Å². The first-order valence-corrected chi connectivity index (χ1v) is 8.92. The van der Waals surface area contributed by atoms with E-state index in [9.17, 15) is 4.79 Å². The summed E-state index contributed by atoms with van der Waals surface area (Å²) in [5.41, 5.74) is 7.71. The number of amides is 1. The molecule has 0 bridgehead atoms. The summed E-state index contributed by atoms with van der Waals surface area (Å²) in [6.45, 7) is 3.50. The number of para-hydroxylation sites is 1. The Hall–Kier alpha value is -1.26. The van der Waals surface area contributed by atoms with Crippen LogP contribution in [0.15, 0.2) is 24.3 Å². The first-order chi connectivity index (χ1) is 11.2. The maximum absolute atomic E-state index is 12.0. The van der Waals surface area contributed by atoms with Gasteiger partial charge in [-0.3, -0.25) is 4.79 Å². The van der Waals surface area contributed by atoms with E-state index in [1.165, 1.54) is 25.7 Å². The number of anilines is 1. The van der Waals surface area contributed by atoms with Crippen molar-refractivity contribution < 1.29 is 9.53 Å². The summed E-state index contributed by atoms with van der Waals surface area (Å²) in [4.78, 5) is 12.0. The molecule has 1 amide bonds. The monoisotopic (exact) mass is 354 g/mol. The van der Waals surface area contributed by atoms with Crippen molar-refractivity contribution in [1.29, 1.82) is 0 Å². The van der Waals surface area contributed by atoms with Crippen LogP contribution in [-0.2, 0) is 16.0 Å². The number of nitrogens with one attached hydrogen (secondary N) is 1. The molecule has 1 aliphatic carbocycles. The summed E-state index contributed by atoms with van der Waals surface area (Å²) in [5.74, 6) is 0.769. The zero-order valence-corrected chi connectivity index (χ0v) is 15.4. The number of benzene rings is 1. The van der Waals surface area contributed by atoms with E-state index in [0.29, 0.717) is 31.4 Å². The second-order valence-corrected chi connectivity index (χ2v) is 6.38. The molecule has 3 N–H and O–H groups in total. The highest BCUT2D eigenvalue weighted by Crippen LogP contribution is 2.30. The first kappa shape index (κ1) is 20.8. The first-order valence-electron chi connectivity index (χ1n) is 8.92. The highest BCUT2D eigenvalue weighted by Gasteiger charge is 2.25. The lowest BCUT2D eigenvalue weighted by molar-refractivity contribution is -0.121. The van der Waals surface area contributed by atoms with Crippen LogP contribution in [0.25, 0.3) is 0 Å². The van der Waals surface area contributed by atoms with Gasteiger partial charge in [-0.05, 0) is 50.2 Å². The van der Waals surface area contributed by atoms with Crippen LogP contribution in [0.2, 0.25) is 0 Å². The smallest absolute Gasteiger partial charge is 0.220 e. The Morgan fingerprint density at radius 3 is 2.71 bits per heavy atom. The number of carbonyl (C=O) groups is 1. The predicted molar refractivity (Wildman–Crippen MR) is 101 cm³/mol. The number of nitrogens with two attached hydrogens (primary N) is 1. The molecule has 4 nitrogen and oxygen atoms in total. The van der Waals surface area contributed by atoms with Crippen molar-refractivity contribution in [3.05, 3.63) is 29.8 Å². The summed E-state index contributed by atoms with van der Waals surface area (Å²) in [6.07, 6.45) is 7.56. The lowest BCUT2D eigenvalue weighted by Gasteiger charge is -2.23. The van der Waals surface area contributed by atoms with Crippen LogP contribution in [0.3, 0.4) is 0 Å². The minimum absolute atomic E-state index is 0. The predicted octanol–water partition coefficient (Wildman–Crippen LogP) is 3.72. The molecule has 0 aliphatic heterocycles. The minimum Gasteiger partial charge on any atom is -0.399 e. The van der Waals surface area contributed by atoms with E-state index in [2.05, 4.69) is 5.32 Å². The Balaban J connectivity index is 0.00000288. The number of ether oxygens (including phenoxy) is 1. The van der Waals surface area contributed by atoms with Crippen LogP contribution in [-0.4, -0.2) is 25.2 Å². The Morgan fingerprint density at radius 2 is 2.04 bits per heavy atom. The van der Waals surface area contributed by atoms with Crippen LogP contribution < -0.4 is 11.1 Å². The van der Waals surface area contributed by atoms with Gasteiger partial charge in [0.25, 0.3) is 0 Å². The SMILES string of the molecule is CCOC(CCNC(=O)CCc1ccccc1N)C1CCCC1.Cl. The van der Waals surface area contributed by atoms with Crippen molar-refractivity contribution in [3.63, 3.8) is 0 Å². The molecule has 24 heavy (non-hydrogen) atoms. The molecule has 0 radical (unpaired) electrons. The van der Waals surface area contributed by atoms with Gasteiger partial charge in [-0.2, -0.15) is 0 Å². The molecule has 1 fully saturated rings. The van der Waals surface area contributed by atoms with Gasteiger partial charge in [0.05, 0.1) is 6.10 Å². The Kier molecular flexibility index (Phi) is 9.80. The number of rotatable bonds is 9. The zero-order valence-electron chi connectivity index (χ0n) is 14.6. The molecule has 1 unspecified atom stereocenters. The minimum atomic E-state index is 0. The summed E-state index contributed by atoms with van der Waals surface area (Å²) in [5, 5.41) is 3.02. The third-order valence-corrected chi connectivity index (χ3v) is 4.73. The van der Waals surface area contributed by atoms with Gasteiger partial charge in [0.2, 0.25) is 5.91 Å². The molecule has 1 atom stereocenters. The van der Waals surface area contributed by atoms with Gasteiger partial charge in [0.1, 0.15) is 0 Å². The highest BCUT2D eigenvalue weighted by atomic mass is 35.5. The number of halogens is 1. The Morgan fingerprint density at radius 1 is 1.33 bits per heavy atom. The van der Waals surface area contributed by atoms with Gasteiger partial charge in [-0.25, -0.2) is 0 Å². The molecular weight excluding hydrogens is 324 g/mol. The molecule has 136 valence electrons. The van der Waals surface area contributed by atoms with Crippen LogP contribution in [0.4, 0.5) is 5.69 Å². The summed E-state index contributed by atoms with van der Waals surface area (Å²) < 4.78 is 5.88. The van der Waals surface area contributed by atoms with E-state index in [1.807, 2.05) is 31.2 Å². The number of carbonyl (C=O) groups excluding carboxylic acids is 1. The van der Waals surface area contributed by atoms with Gasteiger partial charge in [0.15, 0.2) is 0 Å². The molecular formula is C19H31ClN2O2. The van der Waals surface area contributed by atoms with Crippen molar-refractivity contribution in [2.24, 2.45) is 5.92 Å². The van der Waals surface area contributed by atoms with E-state index in [-0.39, 0.29) is 18.3 Å². The third-order valence-electron chi connectivity index (χ3n) is 4.73. The van der Waals surface area contributed by atoms with E-state index in [4.69, 9.17) is 10.5 Å². The number of hydrogen-bond acceptors (Lipinski definition) is 3. The van der Waals surface area contributed by atoms with Gasteiger partial charge in [-0.15, -0.1) is 12.4 Å². The third kappa shape index (κ3) is 6.70. The Bertz CT molecular complexity index is 490. The second-order valence-electron chi connectivity index (χ2n) is 6.38. The molecule has 5 heteroatoms. The van der Waals surface area contributed by atoms with Crippen molar-refractivity contribution in [1.82, 2.24) is 5.32 Å². The molecule has 0 aromatic heterocycles. The fourth-order valence-electron chi connectivity index (χ4n) is 3.45. The normalized spacial score (nSPS) is 15.7. The molecule has 0 saturated heterocycles. The molecule has 1 saturated carbocycles. The molecule has 1 aromatic carbocycles. The number of aryl methyl sites for hydroxylation is 1. The average Bonchev–Trinajstić information content (AvgIpc) is 3.07. The van der Waals surface area contributed by atoms with Crippen molar-refractivity contribution >= 4 is 24.0 Å². The molecule has 0 heterocycles. The van der Waals surface area contributed by atoms with Gasteiger partial charge in [0, 0.05) is 25.3 Å². The molecule has 1 aromatic rings. The zero-order chi connectivity index (χ0) is 16.5. The van der Waals surface area contributed by atoms with Crippen molar-refractivity contribution in [2.45, 2.75) is 58.0 Å². The molecule has 1 aliphatic rings. The van der Waals surface area contributed by atoms with Crippen molar-refractivity contribution in [3.8, 4) is 0 Å². The topological polar surface area (TPSA) is 64.3 Å². The van der Waals surface area contributed by atoms with Crippen LogP contribution in [0.5, 0.6) is 0 Å². The van der Waals surface area contributed by atoms with Crippen LogP contribution >= 0.6 is 12.4 Å². The highest BCUT2D eigenvalue weighted by molar-refractivity contribution is 5.85. The fraction of sp³-hybridized carbons (Fsp3) is 0.632. The standard InChI is InChI=1S/C19H30N2O2.ClH/c1-2-23-18(16-8-3-4-9-16)13-14-21-19(22)12-11-15-7-5-6-10-17(15)20;/h5-7,10,16,18H,2-4,8-9,11-14,20H2,1H3,(H,21,22);1H. The van der Waals surface area contributed by atoms with Gasteiger partial charge in [-0.1, -0.05) is 31.0 Å². The number of nitrogen functional groups attached to an aromatic ring is 1. The van der Waals surface area contributed by atoms with Crippen LogP contribution in [0, 0.1) is 5.92 Å². The molecule has 2 rings (SSSR count). The average molecular weight is 355 g/mol. The summed E-state index contributed by atoms with van der Waals surface area (Å²) >= 11 is 0. The van der Waals surface area contributed by atoms with Crippen molar-refractivity contribution in [2.75, 3.05) is 18.9 Å². The maximum atomic E-state index is 12.0. The summed E-state index contributed by atoms with van der Waals surface area (Å²) in [7, 11) is 0. The van der Waals surface area contributed by atoms with Crippen LogP contribution in [0.1, 0.15) is 51.0 Å². The quantitative estimate of drug-likeness (QED) is 0.664. The summed E-state index contributed by atoms with van der Waals surface area (Å²) in [6, 6.07) is 7.73. The second kappa shape index (κ2) is 11.3. The van der Waals surface area contributed by atoms with E-state index in [1.54, 1.807) is 0 Å². The molecule has 0 spiro atoms. The Labute approximate surface area is 151 Å². The van der Waals surface area contributed by atoms with E-state index < -0.39 is 0 Å². The lowest BCUT2D eigenvalue weighted by atomic mass is 9.98. The maximum Gasteiger partial charge on any atom is 0.220 e. The number of hydrogen-bond donors (Lipinski definition) is 2. The lowest BCUT2D eigenvalue weighted by Crippen LogP contribution is -2.31. The van der Waals surface area contributed by atoms with Gasteiger partial charge >= 0.3 is 0 Å². The fourth-order valence-corrected chi connectivity index (χ4v) is 3.45. The largest absolute Gasteiger partial charge is 0.399 e.